The molecule has 0 N–H and O–H groups in total. The minimum absolute atomic E-state index is 0.115. The Hall–Kier alpha value is -1.33. The average Bonchev–Trinajstić information content (AvgIpc) is 3.17. The van der Waals surface area contributed by atoms with E-state index in [2.05, 4.69) is 9.80 Å². The SMILES string of the molecule is O=[N+]([O-])c1ccc(N2CCC(N3CCCC3)C2)cc1CCl. The summed E-state index contributed by atoms with van der Waals surface area (Å²) in [6.45, 7) is 4.46. The molecule has 0 radical (unpaired) electrons. The quantitative estimate of drug-likeness (QED) is 0.487. The lowest BCUT2D eigenvalue weighted by Gasteiger charge is -2.24. The average molecular weight is 310 g/mol. The summed E-state index contributed by atoms with van der Waals surface area (Å²) >= 11 is 5.86. The molecule has 2 fully saturated rings. The number of nitrogens with zero attached hydrogens (tertiary/aromatic N) is 3. The van der Waals surface area contributed by atoms with Crippen molar-refractivity contribution in [3.8, 4) is 0 Å². The summed E-state index contributed by atoms with van der Waals surface area (Å²) < 4.78 is 0. The fourth-order valence-electron chi connectivity index (χ4n) is 3.43. The molecule has 21 heavy (non-hydrogen) atoms. The summed E-state index contributed by atoms with van der Waals surface area (Å²) in [7, 11) is 0. The standard InChI is InChI=1S/C15H20ClN3O2/c16-10-12-9-13(3-4-15(12)19(20)21)18-8-5-14(11-18)17-6-1-2-7-17/h3-4,9,14H,1-2,5-8,10-11H2. The van der Waals surface area contributed by atoms with E-state index in [1.807, 2.05) is 12.1 Å². The summed E-state index contributed by atoms with van der Waals surface area (Å²) in [5.41, 5.74) is 1.77. The summed E-state index contributed by atoms with van der Waals surface area (Å²) in [4.78, 5) is 15.5. The van der Waals surface area contributed by atoms with Gasteiger partial charge in [-0.15, -0.1) is 11.6 Å². The van der Waals surface area contributed by atoms with Crippen molar-refractivity contribution in [2.75, 3.05) is 31.1 Å². The van der Waals surface area contributed by atoms with Crippen molar-refractivity contribution < 1.29 is 4.92 Å². The van der Waals surface area contributed by atoms with Gasteiger partial charge in [0, 0.05) is 36.4 Å². The molecule has 3 rings (SSSR count). The largest absolute Gasteiger partial charge is 0.370 e. The Morgan fingerprint density at radius 1 is 1.29 bits per heavy atom. The number of nitro benzene ring substituents is 1. The van der Waals surface area contributed by atoms with Crippen molar-refractivity contribution in [1.82, 2.24) is 4.90 Å². The molecule has 114 valence electrons. The Kier molecular flexibility index (Phi) is 4.31. The van der Waals surface area contributed by atoms with Crippen LogP contribution < -0.4 is 4.90 Å². The summed E-state index contributed by atoms with van der Waals surface area (Å²) in [6, 6.07) is 5.93. The molecule has 0 bridgehead atoms. The van der Waals surface area contributed by atoms with Crippen LogP contribution in [0.1, 0.15) is 24.8 Å². The Labute approximate surface area is 129 Å². The molecule has 1 aromatic carbocycles. The molecule has 2 saturated heterocycles. The van der Waals surface area contributed by atoms with Gasteiger partial charge in [-0.2, -0.15) is 0 Å². The van der Waals surface area contributed by atoms with E-state index in [9.17, 15) is 10.1 Å². The minimum atomic E-state index is -0.363. The molecule has 0 amide bonds. The first kappa shape index (κ1) is 14.6. The second-order valence-electron chi connectivity index (χ2n) is 5.84. The number of benzene rings is 1. The van der Waals surface area contributed by atoms with Gasteiger partial charge in [0.15, 0.2) is 0 Å². The number of hydrogen-bond acceptors (Lipinski definition) is 4. The van der Waals surface area contributed by atoms with Gasteiger partial charge in [-0.05, 0) is 44.5 Å². The third-order valence-corrected chi connectivity index (χ3v) is 4.88. The van der Waals surface area contributed by atoms with Gasteiger partial charge in [0.25, 0.3) is 5.69 Å². The van der Waals surface area contributed by atoms with Crippen LogP contribution in [0.4, 0.5) is 11.4 Å². The van der Waals surface area contributed by atoms with Crippen LogP contribution >= 0.6 is 11.6 Å². The van der Waals surface area contributed by atoms with Gasteiger partial charge in [-0.3, -0.25) is 15.0 Å². The van der Waals surface area contributed by atoms with Gasteiger partial charge >= 0.3 is 0 Å². The molecule has 5 nitrogen and oxygen atoms in total. The smallest absolute Gasteiger partial charge is 0.273 e. The van der Waals surface area contributed by atoms with Crippen LogP contribution in [0.25, 0.3) is 0 Å². The summed E-state index contributed by atoms with van der Waals surface area (Å²) in [5, 5.41) is 11.0. The van der Waals surface area contributed by atoms with Crippen molar-refractivity contribution in [3.05, 3.63) is 33.9 Å². The lowest BCUT2D eigenvalue weighted by atomic mass is 10.1. The van der Waals surface area contributed by atoms with Crippen LogP contribution in [0, 0.1) is 10.1 Å². The maximum atomic E-state index is 11.0. The number of nitro groups is 1. The number of halogens is 1. The Morgan fingerprint density at radius 2 is 2.05 bits per heavy atom. The highest BCUT2D eigenvalue weighted by molar-refractivity contribution is 6.17. The number of hydrogen-bond donors (Lipinski definition) is 0. The first-order chi connectivity index (χ1) is 10.2. The highest BCUT2D eigenvalue weighted by Gasteiger charge is 2.29. The van der Waals surface area contributed by atoms with E-state index in [0.717, 1.165) is 18.8 Å². The fourth-order valence-corrected chi connectivity index (χ4v) is 3.65. The van der Waals surface area contributed by atoms with Gasteiger partial charge in [-0.25, -0.2) is 0 Å². The van der Waals surface area contributed by atoms with Gasteiger partial charge < -0.3 is 4.90 Å². The maximum absolute atomic E-state index is 11.0. The van der Waals surface area contributed by atoms with E-state index in [1.54, 1.807) is 6.07 Å². The zero-order valence-corrected chi connectivity index (χ0v) is 12.8. The fraction of sp³-hybridized carbons (Fsp3) is 0.600. The molecule has 0 aromatic heterocycles. The van der Waals surface area contributed by atoms with Crippen molar-refractivity contribution in [2.45, 2.75) is 31.2 Å². The van der Waals surface area contributed by atoms with Crippen molar-refractivity contribution in [2.24, 2.45) is 0 Å². The Morgan fingerprint density at radius 3 is 2.71 bits per heavy atom. The highest BCUT2D eigenvalue weighted by Crippen LogP contribution is 2.30. The van der Waals surface area contributed by atoms with E-state index in [-0.39, 0.29) is 16.5 Å². The number of anilines is 1. The topological polar surface area (TPSA) is 49.6 Å². The monoisotopic (exact) mass is 309 g/mol. The van der Waals surface area contributed by atoms with Gasteiger partial charge in [-0.1, -0.05) is 0 Å². The molecule has 2 aliphatic rings. The molecule has 6 heteroatoms. The van der Waals surface area contributed by atoms with Crippen LogP contribution in [0.5, 0.6) is 0 Å². The van der Waals surface area contributed by atoms with Gasteiger partial charge in [0.05, 0.1) is 10.8 Å². The van der Waals surface area contributed by atoms with E-state index < -0.39 is 0 Å². The minimum Gasteiger partial charge on any atom is -0.370 e. The predicted molar refractivity (Wildman–Crippen MR) is 84.1 cm³/mol. The number of alkyl halides is 1. The second kappa shape index (κ2) is 6.20. The maximum Gasteiger partial charge on any atom is 0.273 e. The van der Waals surface area contributed by atoms with Crippen molar-refractivity contribution in [1.29, 1.82) is 0 Å². The molecule has 1 atom stereocenters. The second-order valence-corrected chi connectivity index (χ2v) is 6.10. The molecule has 0 aliphatic carbocycles. The number of likely N-dealkylation sites (tertiary alicyclic amines) is 1. The molecule has 0 saturated carbocycles. The molecule has 1 unspecified atom stereocenters. The zero-order valence-electron chi connectivity index (χ0n) is 12.0. The Bertz CT molecular complexity index is 532. The number of rotatable bonds is 4. The van der Waals surface area contributed by atoms with Crippen LogP contribution in [-0.2, 0) is 5.88 Å². The third kappa shape index (κ3) is 2.99. The first-order valence-electron chi connectivity index (χ1n) is 7.51. The van der Waals surface area contributed by atoms with Crippen LogP contribution in [0.3, 0.4) is 0 Å². The molecule has 0 spiro atoms. The predicted octanol–water partition coefficient (Wildman–Crippen LogP) is 3.01. The van der Waals surface area contributed by atoms with E-state index in [1.165, 1.54) is 32.4 Å². The molecule has 1 aromatic rings. The normalized spacial score (nSPS) is 22.9. The zero-order chi connectivity index (χ0) is 14.8. The van der Waals surface area contributed by atoms with Crippen molar-refractivity contribution in [3.63, 3.8) is 0 Å². The summed E-state index contributed by atoms with van der Waals surface area (Å²) in [5.74, 6) is 0.174. The Balaban J connectivity index is 1.74. The highest BCUT2D eigenvalue weighted by atomic mass is 35.5. The summed E-state index contributed by atoms with van der Waals surface area (Å²) in [6.07, 6.45) is 3.79. The van der Waals surface area contributed by atoms with E-state index in [4.69, 9.17) is 11.6 Å². The molecular weight excluding hydrogens is 290 g/mol. The third-order valence-electron chi connectivity index (χ3n) is 4.59. The van der Waals surface area contributed by atoms with Crippen molar-refractivity contribution >= 4 is 23.0 Å². The van der Waals surface area contributed by atoms with E-state index in [0.29, 0.717) is 11.6 Å². The first-order valence-corrected chi connectivity index (χ1v) is 8.05. The van der Waals surface area contributed by atoms with Crippen LogP contribution in [-0.4, -0.2) is 42.0 Å². The molecule has 2 heterocycles. The van der Waals surface area contributed by atoms with Gasteiger partial charge in [0.1, 0.15) is 0 Å². The lowest BCUT2D eigenvalue weighted by Crippen LogP contribution is -2.35. The molecular formula is C15H20ClN3O2. The van der Waals surface area contributed by atoms with Crippen LogP contribution in [0.15, 0.2) is 18.2 Å². The lowest BCUT2D eigenvalue weighted by molar-refractivity contribution is -0.385. The van der Waals surface area contributed by atoms with E-state index >= 15 is 0 Å². The van der Waals surface area contributed by atoms with Gasteiger partial charge in [0.2, 0.25) is 0 Å². The van der Waals surface area contributed by atoms with Crippen LogP contribution in [0.2, 0.25) is 0 Å². The molecule has 2 aliphatic heterocycles.